The highest BCUT2D eigenvalue weighted by molar-refractivity contribution is 5.66. The maximum absolute atomic E-state index is 11.7. The molecule has 0 aliphatic heterocycles. The van der Waals surface area contributed by atoms with Crippen molar-refractivity contribution in [1.29, 1.82) is 0 Å². The number of benzene rings is 2. The lowest BCUT2D eigenvalue weighted by Crippen LogP contribution is -2.26. The summed E-state index contributed by atoms with van der Waals surface area (Å²) < 4.78 is 27.8. The predicted octanol–water partition coefficient (Wildman–Crippen LogP) is 4.82. The van der Waals surface area contributed by atoms with Gasteiger partial charge < -0.3 is 23.7 Å². The highest BCUT2D eigenvalue weighted by Gasteiger charge is 2.26. The first-order valence-electron chi connectivity index (χ1n) is 9.30. The summed E-state index contributed by atoms with van der Waals surface area (Å²) in [7, 11) is 4.71. The summed E-state index contributed by atoms with van der Waals surface area (Å²) in [5.74, 6) is 1.89. The highest BCUT2D eigenvalue weighted by Crippen LogP contribution is 2.35. The first-order chi connectivity index (χ1) is 13.9. The molecule has 0 aromatic heterocycles. The normalized spacial score (nSPS) is 12.9. The molecule has 2 rings (SSSR count). The van der Waals surface area contributed by atoms with Gasteiger partial charge in [-0.1, -0.05) is 24.3 Å². The summed E-state index contributed by atoms with van der Waals surface area (Å²) in [5.41, 5.74) is 1.73. The molecule has 0 spiro atoms. The maximum atomic E-state index is 11.7. The fraction of sp³-hybridized carbons (Fsp3) is 0.348. The van der Waals surface area contributed by atoms with E-state index in [9.17, 15) is 4.79 Å². The Morgan fingerprint density at radius 3 is 2.10 bits per heavy atom. The third kappa shape index (κ3) is 5.67. The van der Waals surface area contributed by atoms with Crippen LogP contribution in [0.25, 0.3) is 6.08 Å². The molecule has 0 amide bonds. The van der Waals surface area contributed by atoms with Crippen LogP contribution in [0.15, 0.2) is 42.5 Å². The lowest BCUT2D eigenvalue weighted by molar-refractivity contribution is -0.151. The third-order valence-corrected chi connectivity index (χ3v) is 4.32. The van der Waals surface area contributed by atoms with Crippen molar-refractivity contribution < 1.29 is 28.5 Å². The van der Waals surface area contributed by atoms with Gasteiger partial charge in [0.25, 0.3) is 0 Å². The van der Waals surface area contributed by atoms with Gasteiger partial charge in [0, 0.05) is 12.5 Å². The molecule has 0 heterocycles. The fourth-order valence-electron chi connectivity index (χ4n) is 2.98. The Morgan fingerprint density at radius 1 is 0.897 bits per heavy atom. The minimum Gasteiger partial charge on any atom is -0.493 e. The molecule has 0 aliphatic rings. The van der Waals surface area contributed by atoms with Crippen LogP contribution in [0.3, 0.4) is 0 Å². The van der Waals surface area contributed by atoms with Crippen molar-refractivity contribution in [2.45, 2.75) is 33.0 Å². The average Bonchev–Trinajstić information content (AvgIpc) is 2.72. The number of ether oxygens (including phenoxy) is 5. The van der Waals surface area contributed by atoms with E-state index in [1.165, 1.54) is 6.92 Å². The van der Waals surface area contributed by atoms with E-state index in [1.807, 2.05) is 50.3 Å². The van der Waals surface area contributed by atoms with Gasteiger partial charge in [0.1, 0.15) is 6.10 Å². The van der Waals surface area contributed by atoms with Crippen LogP contribution in [0.5, 0.6) is 23.0 Å². The zero-order valence-corrected chi connectivity index (χ0v) is 17.7. The molecule has 0 unspecified atom stereocenters. The SMILES string of the molecule is C/C=C\c1ccc(O[C@H](C)[C@H](OC(C)=O)c2ccc(OC)c(OC)c2)c(OC)c1. The summed E-state index contributed by atoms with van der Waals surface area (Å²) in [6.07, 6.45) is 2.79. The Labute approximate surface area is 172 Å². The molecule has 6 heteroatoms. The van der Waals surface area contributed by atoms with Crippen LogP contribution in [0.1, 0.15) is 38.0 Å². The molecular weight excluding hydrogens is 372 g/mol. The van der Waals surface area contributed by atoms with E-state index >= 15 is 0 Å². The van der Waals surface area contributed by atoms with Crippen molar-refractivity contribution in [3.05, 3.63) is 53.6 Å². The molecule has 0 saturated carbocycles. The number of esters is 1. The number of carbonyl (C=O) groups excluding carboxylic acids is 1. The van der Waals surface area contributed by atoms with Gasteiger partial charge in [-0.2, -0.15) is 0 Å². The number of allylic oxidation sites excluding steroid dienone is 1. The standard InChI is InChI=1S/C23H28O6/c1-7-8-17-9-11-20(21(13-17)26-5)28-15(2)23(29-16(3)24)18-10-12-19(25-4)22(14-18)27-6/h7-15,23H,1-6H3/b8-7-/t15-,23+/m1/s1. The molecule has 0 saturated heterocycles. The molecule has 0 bridgehead atoms. The summed E-state index contributed by atoms with van der Waals surface area (Å²) in [4.78, 5) is 11.7. The number of hydrogen-bond acceptors (Lipinski definition) is 6. The van der Waals surface area contributed by atoms with Crippen molar-refractivity contribution in [3.8, 4) is 23.0 Å². The van der Waals surface area contributed by atoms with Gasteiger partial charge in [-0.25, -0.2) is 0 Å². The van der Waals surface area contributed by atoms with E-state index in [2.05, 4.69) is 0 Å². The minimum atomic E-state index is -0.646. The Bertz CT molecular complexity index is 858. The zero-order chi connectivity index (χ0) is 21.4. The molecular formula is C23H28O6. The molecule has 156 valence electrons. The Hall–Kier alpha value is -3.15. The van der Waals surface area contributed by atoms with E-state index < -0.39 is 18.2 Å². The average molecular weight is 400 g/mol. The van der Waals surface area contributed by atoms with Crippen LogP contribution < -0.4 is 18.9 Å². The monoisotopic (exact) mass is 400 g/mol. The molecule has 2 atom stereocenters. The summed E-state index contributed by atoms with van der Waals surface area (Å²) in [6.45, 7) is 5.16. The van der Waals surface area contributed by atoms with Crippen LogP contribution in [0.4, 0.5) is 0 Å². The smallest absolute Gasteiger partial charge is 0.303 e. The Morgan fingerprint density at radius 2 is 1.52 bits per heavy atom. The first-order valence-corrected chi connectivity index (χ1v) is 9.30. The lowest BCUT2D eigenvalue weighted by atomic mass is 10.0. The predicted molar refractivity (Wildman–Crippen MR) is 112 cm³/mol. The van der Waals surface area contributed by atoms with E-state index in [0.29, 0.717) is 23.0 Å². The highest BCUT2D eigenvalue weighted by atomic mass is 16.6. The largest absolute Gasteiger partial charge is 0.493 e. The number of rotatable bonds is 9. The van der Waals surface area contributed by atoms with E-state index in [4.69, 9.17) is 23.7 Å². The quantitative estimate of drug-likeness (QED) is 0.563. The summed E-state index contributed by atoms with van der Waals surface area (Å²) in [5, 5.41) is 0. The van der Waals surface area contributed by atoms with Crippen LogP contribution in [-0.2, 0) is 9.53 Å². The van der Waals surface area contributed by atoms with Crippen LogP contribution in [0, 0.1) is 0 Å². The number of carbonyl (C=O) groups is 1. The van der Waals surface area contributed by atoms with E-state index in [-0.39, 0.29) is 0 Å². The van der Waals surface area contributed by atoms with Gasteiger partial charge in [0.05, 0.1) is 21.3 Å². The lowest BCUT2D eigenvalue weighted by Gasteiger charge is -2.26. The zero-order valence-electron chi connectivity index (χ0n) is 17.7. The number of methoxy groups -OCH3 is 3. The Balaban J connectivity index is 2.35. The van der Waals surface area contributed by atoms with E-state index in [0.717, 1.165) is 11.1 Å². The summed E-state index contributed by atoms with van der Waals surface area (Å²) in [6, 6.07) is 11.0. The second-order valence-corrected chi connectivity index (χ2v) is 6.38. The van der Waals surface area contributed by atoms with Crippen molar-refractivity contribution in [2.24, 2.45) is 0 Å². The minimum absolute atomic E-state index is 0.407. The van der Waals surface area contributed by atoms with Crippen LogP contribution >= 0.6 is 0 Å². The van der Waals surface area contributed by atoms with Gasteiger partial charge >= 0.3 is 5.97 Å². The van der Waals surface area contributed by atoms with Crippen molar-refractivity contribution in [2.75, 3.05) is 21.3 Å². The first kappa shape index (κ1) is 22.1. The molecule has 2 aromatic rings. The maximum Gasteiger partial charge on any atom is 0.303 e. The topological polar surface area (TPSA) is 63.2 Å². The molecule has 0 fully saturated rings. The van der Waals surface area contributed by atoms with Crippen molar-refractivity contribution in [3.63, 3.8) is 0 Å². The second kappa shape index (κ2) is 10.4. The van der Waals surface area contributed by atoms with Gasteiger partial charge in [0.15, 0.2) is 29.1 Å². The second-order valence-electron chi connectivity index (χ2n) is 6.38. The molecule has 2 aromatic carbocycles. The van der Waals surface area contributed by atoms with Gasteiger partial charge in [-0.15, -0.1) is 0 Å². The van der Waals surface area contributed by atoms with Gasteiger partial charge in [-0.05, 0) is 43.7 Å². The number of hydrogen-bond donors (Lipinski definition) is 0. The molecule has 29 heavy (non-hydrogen) atoms. The van der Waals surface area contributed by atoms with Crippen molar-refractivity contribution in [1.82, 2.24) is 0 Å². The summed E-state index contributed by atoms with van der Waals surface area (Å²) >= 11 is 0. The van der Waals surface area contributed by atoms with Crippen LogP contribution in [0.2, 0.25) is 0 Å². The molecule has 0 aliphatic carbocycles. The van der Waals surface area contributed by atoms with E-state index in [1.54, 1.807) is 33.5 Å². The Kier molecular flexibility index (Phi) is 7.95. The molecule has 0 radical (unpaired) electrons. The van der Waals surface area contributed by atoms with Gasteiger partial charge in [-0.3, -0.25) is 4.79 Å². The van der Waals surface area contributed by atoms with Crippen LogP contribution in [-0.4, -0.2) is 33.4 Å². The van der Waals surface area contributed by atoms with Crippen molar-refractivity contribution >= 4 is 12.0 Å². The third-order valence-electron chi connectivity index (χ3n) is 4.32. The van der Waals surface area contributed by atoms with Gasteiger partial charge in [0.2, 0.25) is 0 Å². The molecule has 0 N–H and O–H groups in total. The molecule has 6 nitrogen and oxygen atoms in total. The fourth-order valence-corrected chi connectivity index (χ4v) is 2.98.